The number of aryl methyl sites for hydroxylation is 2. The highest BCUT2D eigenvalue weighted by atomic mass is 16.5. The first-order valence-electron chi connectivity index (χ1n) is 6.27. The van der Waals surface area contributed by atoms with Crippen molar-refractivity contribution in [3.8, 4) is 11.6 Å². The predicted molar refractivity (Wildman–Crippen MR) is 76.7 cm³/mol. The van der Waals surface area contributed by atoms with Gasteiger partial charge in [-0.3, -0.25) is 4.79 Å². The molecule has 1 aromatic heterocycles. The fourth-order valence-corrected chi connectivity index (χ4v) is 2.24. The van der Waals surface area contributed by atoms with E-state index in [-0.39, 0.29) is 5.78 Å². The van der Waals surface area contributed by atoms with Crippen molar-refractivity contribution in [2.24, 2.45) is 0 Å². The van der Waals surface area contributed by atoms with Crippen LogP contribution in [0, 0.1) is 13.8 Å². The van der Waals surface area contributed by atoms with E-state index < -0.39 is 0 Å². The Hall–Kier alpha value is -2.36. The van der Waals surface area contributed by atoms with Gasteiger partial charge in [-0.2, -0.15) is 0 Å². The van der Waals surface area contributed by atoms with Crippen LogP contribution in [-0.2, 0) is 0 Å². The number of aromatic nitrogens is 1. The average molecular weight is 271 g/mol. The van der Waals surface area contributed by atoms with Crippen LogP contribution in [0.1, 0.15) is 27.0 Å². The molecule has 4 heteroatoms. The Balaban J connectivity index is 2.59. The van der Waals surface area contributed by atoms with E-state index >= 15 is 0 Å². The molecule has 0 amide bonds. The van der Waals surface area contributed by atoms with Gasteiger partial charge >= 0.3 is 0 Å². The molecule has 2 aromatic rings. The highest BCUT2D eigenvalue weighted by Gasteiger charge is 2.21. The topological polar surface area (TPSA) is 48.4 Å². The van der Waals surface area contributed by atoms with Gasteiger partial charge in [-0.05, 0) is 43.2 Å². The van der Waals surface area contributed by atoms with E-state index in [0.29, 0.717) is 22.8 Å². The SMILES string of the molecule is COc1cc(C)cc(C)c1C(=O)c1cccnc1OC. The standard InChI is InChI=1S/C16H17NO3/c1-10-8-11(2)14(13(9-10)19-3)15(18)12-6-5-7-17-16(12)20-4/h5-9H,1-4H3. The normalized spacial score (nSPS) is 10.2. The molecule has 0 saturated heterocycles. The molecule has 1 heterocycles. The maximum absolute atomic E-state index is 12.7. The molecule has 0 radical (unpaired) electrons. The number of benzene rings is 1. The van der Waals surface area contributed by atoms with Crippen LogP contribution in [0.5, 0.6) is 11.6 Å². The molecule has 0 aliphatic carbocycles. The summed E-state index contributed by atoms with van der Waals surface area (Å²) in [6.07, 6.45) is 1.59. The summed E-state index contributed by atoms with van der Waals surface area (Å²) >= 11 is 0. The number of rotatable bonds is 4. The summed E-state index contributed by atoms with van der Waals surface area (Å²) in [5.74, 6) is 0.738. The second-order valence-electron chi connectivity index (χ2n) is 4.55. The first-order valence-corrected chi connectivity index (χ1v) is 6.27. The van der Waals surface area contributed by atoms with Crippen molar-refractivity contribution in [1.29, 1.82) is 0 Å². The molecule has 0 fully saturated rings. The zero-order valence-electron chi connectivity index (χ0n) is 12.1. The summed E-state index contributed by atoms with van der Waals surface area (Å²) < 4.78 is 10.5. The van der Waals surface area contributed by atoms with Crippen LogP contribution < -0.4 is 9.47 Å². The van der Waals surface area contributed by atoms with E-state index in [4.69, 9.17) is 9.47 Å². The van der Waals surface area contributed by atoms with Gasteiger partial charge in [-0.15, -0.1) is 0 Å². The molecule has 20 heavy (non-hydrogen) atoms. The van der Waals surface area contributed by atoms with Crippen LogP contribution in [0.4, 0.5) is 0 Å². The lowest BCUT2D eigenvalue weighted by Gasteiger charge is -2.13. The number of nitrogens with zero attached hydrogens (tertiary/aromatic N) is 1. The number of ether oxygens (including phenoxy) is 2. The van der Waals surface area contributed by atoms with Crippen molar-refractivity contribution >= 4 is 5.78 Å². The predicted octanol–water partition coefficient (Wildman–Crippen LogP) is 2.95. The number of methoxy groups -OCH3 is 2. The summed E-state index contributed by atoms with van der Waals surface area (Å²) in [5.41, 5.74) is 2.90. The third-order valence-electron chi connectivity index (χ3n) is 3.10. The zero-order valence-corrected chi connectivity index (χ0v) is 12.1. The molecule has 104 valence electrons. The molecule has 0 spiro atoms. The lowest BCUT2D eigenvalue weighted by atomic mass is 9.97. The van der Waals surface area contributed by atoms with Crippen LogP contribution in [0.3, 0.4) is 0 Å². The molecule has 0 bridgehead atoms. The Morgan fingerprint density at radius 2 is 1.90 bits per heavy atom. The van der Waals surface area contributed by atoms with Gasteiger partial charge in [0.2, 0.25) is 11.7 Å². The first kappa shape index (κ1) is 14.1. The molecule has 0 aliphatic heterocycles. The van der Waals surface area contributed by atoms with Crippen molar-refractivity contribution in [1.82, 2.24) is 4.98 Å². The number of ketones is 1. The third-order valence-corrected chi connectivity index (χ3v) is 3.10. The Bertz CT molecular complexity index is 650. The van der Waals surface area contributed by atoms with Crippen molar-refractivity contribution < 1.29 is 14.3 Å². The van der Waals surface area contributed by atoms with Crippen molar-refractivity contribution in [3.63, 3.8) is 0 Å². The monoisotopic (exact) mass is 271 g/mol. The third kappa shape index (κ3) is 2.50. The van der Waals surface area contributed by atoms with Gasteiger partial charge in [-0.1, -0.05) is 6.07 Å². The van der Waals surface area contributed by atoms with E-state index in [1.54, 1.807) is 25.4 Å². The van der Waals surface area contributed by atoms with E-state index in [2.05, 4.69) is 4.98 Å². The molecule has 0 aliphatic rings. The smallest absolute Gasteiger partial charge is 0.224 e. The van der Waals surface area contributed by atoms with Crippen LogP contribution in [-0.4, -0.2) is 25.0 Å². The van der Waals surface area contributed by atoms with Crippen LogP contribution in [0.2, 0.25) is 0 Å². The van der Waals surface area contributed by atoms with Gasteiger partial charge in [0, 0.05) is 6.20 Å². The number of carbonyl (C=O) groups excluding carboxylic acids is 1. The van der Waals surface area contributed by atoms with Crippen molar-refractivity contribution in [2.45, 2.75) is 13.8 Å². The Morgan fingerprint density at radius 1 is 1.15 bits per heavy atom. The minimum absolute atomic E-state index is 0.149. The van der Waals surface area contributed by atoms with E-state index in [1.807, 2.05) is 26.0 Å². The molecule has 4 nitrogen and oxygen atoms in total. The molecule has 0 unspecified atom stereocenters. The fraction of sp³-hybridized carbons (Fsp3) is 0.250. The Morgan fingerprint density at radius 3 is 2.55 bits per heavy atom. The fourth-order valence-electron chi connectivity index (χ4n) is 2.24. The summed E-state index contributed by atoms with van der Waals surface area (Å²) in [4.78, 5) is 16.8. The molecule has 2 rings (SSSR count). The van der Waals surface area contributed by atoms with Crippen LogP contribution in [0.25, 0.3) is 0 Å². The molecular weight excluding hydrogens is 254 g/mol. The quantitative estimate of drug-likeness (QED) is 0.802. The minimum atomic E-state index is -0.149. The van der Waals surface area contributed by atoms with Gasteiger partial charge in [0.25, 0.3) is 0 Å². The van der Waals surface area contributed by atoms with Crippen LogP contribution >= 0.6 is 0 Å². The number of pyridine rings is 1. The van der Waals surface area contributed by atoms with Crippen molar-refractivity contribution in [2.75, 3.05) is 14.2 Å². The number of hydrogen-bond donors (Lipinski definition) is 0. The minimum Gasteiger partial charge on any atom is -0.496 e. The van der Waals surface area contributed by atoms with Gasteiger partial charge in [0.15, 0.2) is 0 Å². The molecule has 1 aromatic carbocycles. The van der Waals surface area contributed by atoms with Gasteiger partial charge in [0.05, 0.1) is 25.3 Å². The maximum Gasteiger partial charge on any atom is 0.224 e. The summed E-state index contributed by atoms with van der Waals surface area (Å²) in [6, 6.07) is 7.22. The number of carbonyl (C=O) groups is 1. The highest BCUT2D eigenvalue weighted by molar-refractivity contribution is 6.13. The number of hydrogen-bond acceptors (Lipinski definition) is 4. The van der Waals surface area contributed by atoms with E-state index in [9.17, 15) is 4.79 Å². The Labute approximate surface area is 118 Å². The lowest BCUT2D eigenvalue weighted by molar-refractivity contribution is 0.103. The summed E-state index contributed by atoms with van der Waals surface area (Å²) in [5, 5.41) is 0. The van der Waals surface area contributed by atoms with Gasteiger partial charge in [0.1, 0.15) is 5.75 Å². The molecule has 0 atom stereocenters. The highest BCUT2D eigenvalue weighted by Crippen LogP contribution is 2.29. The largest absolute Gasteiger partial charge is 0.496 e. The zero-order chi connectivity index (χ0) is 14.7. The second kappa shape index (κ2) is 5.74. The maximum atomic E-state index is 12.7. The average Bonchev–Trinajstić information content (AvgIpc) is 2.45. The first-order chi connectivity index (χ1) is 9.58. The Kier molecular flexibility index (Phi) is 4.03. The van der Waals surface area contributed by atoms with E-state index in [1.165, 1.54) is 7.11 Å². The molecule has 0 N–H and O–H groups in total. The van der Waals surface area contributed by atoms with Gasteiger partial charge < -0.3 is 9.47 Å². The van der Waals surface area contributed by atoms with Gasteiger partial charge in [-0.25, -0.2) is 4.98 Å². The summed E-state index contributed by atoms with van der Waals surface area (Å²) in [6.45, 7) is 3.86. The lowest BCUT2D eigenvalue weighted by Crippen LogP contribution is -2.09. The summed E-state index contributed by atoms with van der Waals surface area (Å²) in [7, 11) is 3.06. The molecule has 0 saturated carbocycles. The van der Waals surface area contributed by atoms with Crippen LogP contribution in [0.15, 0.2) is 30.5 Å². The second-order valence-corrected chi connectivity index (χ2v) is 4.55. The van der Waals surface area contributed by atoms with Crippen molar-refractivity contribution in [3.05, 3.63) is 52.7 Å². The van der Waals surface area contributed by atoms with E-state index in [0.717, 1.165) is 11.1 Å². The molecular formula is C16H17NO3.